The maximum Gasteiger partial charge on any atom is 0.266 e. The molecule has 33 heavy (non-hydrogen) atoms. The first-order chi connectivity index (χ1) is 15.7. The van der Waals surface area contributed by atoms with Crippen molar-refractivity contribution in [2.24, 2.45) is 0 Å². The highest BCUT2D eigenvalue weighted by molar-refractivity contribution is 8.26. The summed E-state index contributed by atoms with van der Waals surface area (Å²) in [6, 6.07) is 11.2. The normalized spacial score (nSPS) is 21.2. The molecule has 2 saturated heterocycles. The first kappa shape index (κ1) is 24.1. The second kappa shape index (κ2) is 10.1. The summed E-state index contributed by atoms with van der Waals surface area (Å²) < 4.78 is 24.6. The van der Waals surface area contributed by atoms with Crippen LogP contribution in [0.4, 0.5) is 0 Å². The number of thiocarbonyl (C=S) groups is 1. The molecule has 2 amide bonds. The predicted molar refractivity (Wildman–Crippen MR) is 138 cm³/mol. The van der Waals surface area contributed by atoms with Crippen LogP contribution in [0, 0.1) is 6.92 Å². The fourth-order valence-electron chi connectivity index (χ4n) is 3.91. The molecule has 0 radical (unpaired) electrons. The molecule has 6 nitrogen and oxygen atoms in total. The Bertz CT molecular complexity index is 1200. The van der Waals surface area contributed by atoms with E-state index in [1.807, 2.05) is 48.7 Å². The molecule has 0 N–H and O–H groups in total. The Hall–Kier alpha value is -2.01. The lowest BCUT2D eigenvalue weighted by atomic mass is 10.1. The summed E-state index contributed by atoms with van der Waals surface area (Å²) in [5, 5.41) is 1.97. The molecule has 1 atom stereocenters. The Morgan fingerprint density at radius 2 is 2.03 bits per heavy atom. The third kappa shape index (κ3) is 5.74. The number of carbonyl (C=O) groups excluding carboxylic acids is 2. The lowest BCUT2D eigenvalue weighted by molar-refractivity contribution is -0.134. The van der Waals surface area contributed by atoms with Gasteiger partial charge in [-0.2, -0.15) is 0 Å². The maximum atomic E-state index is 13.3. The van der Waals surface area contributed by atoms with Crippen molar-refractivity contribution in [1.82, 2.24) is 9.80 Å². The van der Waals surface area contributed by atoms with Gasteiger partial charge in [0.15, 0.2) is 9.84 Å². The molecule has 2 aliphatic heterocycles. The molecular formula is C23H24N2O4S4. The van der Waals surface area contributed by atoms with Crippen LogP contribution in [0.15, 0.2) is 46.7 Å². The highest BCUT2D eigenvalue weighted by atomic mass is 32.2. The van der Waals surface area contributed by atoms with Crippen molar-refractivity contribution in [2.45, 2.75) is 32.4 Å². The van der Waals surface area contributed by atoms with Crippen LogP contribution in [0.1, 0.15) is 28.8 Å². The molecule has 0 saturated carbocycles. The van der Waals surface area contributed by atoms with Gasteiger partial charge in [0.05, 0.1) is 23.0 Å². The van der Waals surface area contributed by atoms with Gasteiger partial charge in [-0.25, -0.2) is 8.42 Å². The van der Waals surface area contributed by atoms with Crippen LogP contribution in [0.2, 0.25) is 0 Å². The minimum Gasteiger partial charge on any atom is -0.333 e. The van der Waals surface area contributed by atoms with Gasteiger partial charge in [-0.15, -0.1) is 11.3 Å². The van der Waals surface area contributed by atoms with Crippen LogP contribution in [0.3, 0.4) is 0 Å². The van der Waals surface area contributed by atoms with E-state index in [-0.39, 0.29) is 42.3 Å². The van der Waals surface area contributed by atoms with Crippen LogP contribution in [0.5, 0.6) is 0 Å². The number of thioether (sulfide) groups is 1. The van der Waals surface area contributed by atoms with E-state index in [1.165, 1.54) is 16.7 Å². The highest BCUT2D eigenvalue weighted by Crippen LogP contribution is 2.33. The zero-order valence-electron chi connectivity index (χ0n) is 18.1. The summed E-state index contributed by atoms with van der Waals surface area (Å²) in [4.78, 5) is 30.9. The van der Waals surface area contributed by atoms with Gasteiger partial charge >= 0.3 is 0 Å². The quantitative estimate of drug-likeness (QED) is 0.408. The van der Waals surface area contributed by atoms with Gasteiger partial charge in [0.1, 0.15) is 4.32 Å². The van der Waals surface area contributed by atoms with E-state index in [2.05, 4.69) is 0 Å². The van der Waals surface area contributed by atoms with Crippen LogP contribution >= 0.6 is 35.3 Å². The maximum absolute atomic E-state index is 13.3. The lowest BCUT2D eigenvalue weighted by Gasteiger charge is -2.29. The van der Waals surface area contributed by atoms with Gasteiger partial charge < -0.3 is 4.90 Å². The summed E-state index contributed by atoms with van der Waals surface area (Å²) in [5.41, 5.74) is 2.00. The molecule has 4 rings (SSSR count). The molecule has 2 aromatic rings. The van der Waals surface area contributed by atoms with Crippen molar-refractivity contribution in [2.75, 3.05) is 18.1 Å². The van der Waals surface area contributed by atoms with Crippen LogP contribution in [-0.2, 0) is 26.0 Å². The van der Waals surface area contributed by atoms with Gasteiger partial charge in [-0.3, -0.25) is 14.5 Å². The van der Waals surface area contributed by atoms with Crippen molar-refractivity contribution < 1.29 is 18.0 Å². The lowest BCUT2D eigenvalue weighted by Crippen LogP contribution is -2.42. The summed E-state index contributed by atoms with van der Waals surface area (Å²) in [7, 11) is -3.13. The second-order valence-electron chi connectivity index (χ2n) is 8.10. The van der Waals surface area contributed by atoms with Gasteiger partial charge in [0, 0.05) is 23.9 Å². The number of thiophene rings is 1. The minimum atomic E-state index is -3.13. The van der Waals surface area contributed by atoms with E-state index in [0.29, 0.717) is 22.2 Å². The first-order valence-corrected chi connectivity index (χ1v) is 14.5. The van der Waals surface area contributed by atoms with Gasteiger partial charge in [0.2, 0.25) is 5.91 Å². The molecule has 1 aromatic heterocycles. The van der Waals surface area contributed by atoms with E-state index in [4.69, 9.17) is 12.2 Å². The van der Waals surface area contributed by atoms with Gasteiger partial charge in [0.25, 0.3) is 5.91 Å². The molecule has 1 aromatic carbocycles. The van der Waals surface area contributed by atoms with E-state index in [9.17, 15) is 18.0 Å². The van der Waals surface area contributed by atoms with Crippen molar-refractivity contribution in [3.05, 3.63) is 62.7 Å². The Labute approximate surface area is 207 Å². The number of sulfone groups is 1. The molecule has 1 unspecified atom stereocenters. The van der Waals surface area contributed by atoms with E-state index < -0.39 is 9.84 Å². The van der Waals surface area contributed by atoms with Crippen LogP contribution < -0.4 is 0 Å². The first-order valence-electron chi connectivity index (χ1n) is 10.6. The zero-order valence-corrected chi connectivity index (χ0v) is 21.4. The van der Waals surface area contributed by atoms with Crippen molar-refractivity contribution in [3.63, 3.8) is 0 Å². The molecule has 2 aliphatic rings. The Morgan fingerprint density at radius 1 is 1.27 bits per heavy atom. The van der Waals surface area contributed by atoms with Crippen molar-refractivity contribution in [1.29, 1.82) is 0 Å². The van der Waals surface area contributed by atoms with E-state index in [1.54, 1.807) is 22.3 Å². The summed E-state index contributed by atoms with van der Waals surface area (Å²) in [5.74, 6) is -0.273. The monoisotopic (exact) mass is 520 g/mol. The highest BCUT2D eigenvalue weighted by Gasteiger charge is 2.36. The Balaban J connectivity index is 1.45. The number of carbonyl (C=O) groups is 2. The molecule has 174 valence electrons. The van der Waals surface area contributed by atoms with Crippen molar-refractivity contribution >= 4 is 67.4 Å². The topological polar surface area (TPSA) is 74.8 Å². The SMILES string of the molecule is Cc1ccsc1CN(C(=O)CCN1C(=O)/C(=C/c2ccccc2)SC1=S)C1CCS(=O)(=O)C1. The Morgan fingerprint density at radius 3 is 2.67 bits per heavy atom. The zero-order chi connectivity index (χ0) is 23.6. The molecule has 10 heteroatoms. The molecule has 2 fully saturated rings. The fraction of sp³-hybridized carbons (Fsp3) is 0.348. The number of aryl methyl sites for hydroxylation is 1. The molecule has 0 spiro atoms. The average molecular weight is 521 g/mol. The summed E-state index contributed by atoms with van der Waals surface area (Å²) >= 11 is 8.19. The van der Waals surface area contributed by atoms with Crippen molar-refractivity contribution in [3.8, 4) is 0 Å². The minimum absolute atomic E-state index is 0.00989. The third-order valence-electron chi connectivity index (χ3n) is 5.77. The number of amides is 2. The number of rotatable bonds is 7. The molecule has 0 bridgehead atoms. The largest absolute Gasteiger partial charge is 0.333 e. The number of hydrogen-bond acceptors (Lipinski definition) is 7. The second-order valence-corrected chi connectivity index (χ2v) is 13.0. The number of benzene rings is 1. The standard InChI is InChI=1S/C23H24N2O4S4/c1-16-8-11-31-20(16)14-25(18-9-12-33(28,29)15-18)21(26)7-10-24-22(27)19(32-23(24)30)13-17-5-3-2-4-6-17/h2-6,8,11,13,18H,7,9-10,12,14-15H2,1H3/b19-13-. The van der Waals surface area contributed by atoms with E-state index in [0.717, 1.165) is 16.0 Å². The smallest absolute Gasteiger partial charge is 0.266 e. The predicted octanol–water partition coefficient (Wildman–Crippen LogP) is 3.86. The van der Waals surface area contributed by atoms with Gasteiger partial charge in [-0.1, -0.05) is 54.3 Å². The number of nitrogens with zero attached hydrogens (tertiary/aromatic N) is 2. The third-order valence-corrected chi connectivity index (χ3v) is 9.91. The summed E-state index contributed by atoms with van der Waals surface area (Å²) in [6.45, 7) is 2.54. The fourth-order valence-corrected chi connectivity index (χ4v) is 7.85. The van der Waals surface area contributed by atoms with Crippen LogP contribution in [-0.4, -0.2) is 58.4 Å². The van der Waals surface area contributed by atoms with Gasteiger partial charge in [-0.05, 0) is 42.0 Å². The average Bonchev–Trinajstić information content (AvgIpc) is 3.43. The number of hydrogen-bond donors (Lipinski definition) is 0. The Kier molecular flexibility index (Phi) is 7.37. The molecule has 3 heterocycles. The molecular weight excluding hydrogens is 497 g/mol. The molecule has 0 aliphatic carbocycles. The van der Waals surface area contributed by atoms with Crippen LogP contribution in [0.25, 0.3) is 6.08 Å². The van der Waals surface area contributed by atoms with E-state index >= 15 is 0 Å². The summed E-state index contributed by atoms with van der Waals surface area (Å²) in [6.07, 6.45) is 2.34.